The smallest absolute Gasteiger partial charge is 0.315 e. The third kappa shape index (κ3) is 7.54. The van der Waals surface area contributed by atoms with E-state index >= 15 is 0 Å². The lowest BCUT2D eigenvalue weighted by molar-refractivity contribution is -0.142. The van der Waals surface area contributed by atoms with Crippen molar-refractivity contribution in [3.05, 3.63) is 100.0 Å². The molecule has 2 atom stereocenters. The number of aromatic nitrogens is 3. The molecule has 0 saturated carbocycles. The first-order chi connectivity index (χ1) is 23.6. The molecule has 4 heterocycles. The monoisotopic (exact) mass is 689 g/mol. The Morgan fingerprint density at radius 2 is 1.92 bits per heavy atom. The predicted molar refractivity (Wildman–Crippen MR) is 177 cm³/mol. The number of esters is 1. The van der Waals surface area contributed by atoms with Crippen LogP contribution >= 0.6 is 11.6 Å². The van der Waals surface area contributed by atoms with Crippen LogP contribution in [-0.4, -0.2) is 51.0 Å². The van der Waals surface area contributed by atoms with E-state index in [4.69, 9.17) is 20.8 Å². The molecule has 0 spiro atoms. The lowest BCUT2D eigenvalue weighted by Crippen LogP contribution is -2.38. The zero-order valence-corrected chi connectivity index (χ0v) is 27.7. The van der Waals surface area contributed by atoms with Gasteiger partial charge < -0.3 is 19.4 Å². The predicted octanol–water partition coefficient (Wildman–Crippen LogP) is 6.88. The number of carbonyl (C=O) groups excluding carboxylic acids is 3. The van der Waals surface area contributed by atoms with Crippen LogP contribution in [0.1, 0.15) is 74.2 Å². The van der Waals surface area contributed by atoms with Crippen LogP contribution in [-0.2, 0) is 32.0 Å². The number of fused-ring (bicyclic) bond motifs is 4. The summed E-state index contributed by atoms with van der Waals surface area (Å²) in [6.45, 7) is 4.05. The van der Waals surface area contributed by atoms with Crippen molar-refractivity contribution >= 4 is 40.6 Å². The second-order valence-corrected chi connectivity index (χ2v) is 12.5. The quantitative estimate of drug-likeness (QED) is 0.164. The van der Waals surface area contributed by atoms with Crippen molar-refractivity contribution in [2.24, 2.45) is 5.92 Å². The minimum Gasteiger partial charge on any atom is -0.466 e. The third-order valence-corrected chi connectivity index (χ3v) is 9.04. The molecule has 2 bridgehead atoms. The Kier molecular flexibility index (Phi) is 10.1. The summed E-state index contributed by atoms with van der Waals surface area (Å²) in [5.41, 5.74) is 3.54. The Morgan fingerprint density at radius 1 is 1.10 bits per heavy atom. The molecule has 0 radical (unpaired) electrons. The number of halogens is 3. The average Bonchev–Trinajstić information content (AvgIpc) is 3.51. The van der Waals surface area contributed by atoms with Crippen LogP contribution in [0.3, 0.4) is 0 Å². The fourth-order valence-electron chi connectivity index (χ4n) is 6.25. The standard InChI is InChI=1S/C36H34ClF2N5O5/c1-3-48-33(46)19-31-43-42-30(49-31)16-21-7-8-24-22-11-13-40-28(17-22)29(6-4-5-20(2)36(47)41-27(24)15-21)44-14-12-23(18-32(44)45)34-26(38)10-9-25(37)35(34)39/h7-11,13,15,17-18,20,29H,3-6,12,14,16,19H2,1-2H3,(H,41,47)/t20-,29+/m1/s1. The van der Waals surface area contributed by atoms with E-state index in [0.29, 0.717) is 36.5 Å². The first-order valence-corrected chi connectivity index (χ1v) is 16.5. The Labute approximate surface area is 286 Å². The molecule has 0 fully saturated rings. The molecule has 1 N–H and O–H groups in total. The van der Waals surface area contributed by atoms with Crippen LogP contribution < -0.4 is 5.32 Å². The minimum absolute atomic E-state index is 0.121. The van der Waals surface area contributed by atoms with Crippen molar-refractivity contribution in [3.63, 3.8) is 0 Å². The number of benzene rings is 2. The number of hydrogen-bond donors (Lipinski definition) is 1. The first kappa shape index (κ1) is 33.9. The van der Waals surface area contributed by atoms with E-state index in [1.807, 2.05) is 37.3 Å². The van der Waals surface area contributed by atoms with E-state index in [-0.39, 0.29) is 72.2 Å². The highest BCUT2D eigenvalue weighted by molar-refractivity contribution is 6.31. The molecule has 10 nitrogen and oxygen atoms in total. The number of nitrogens with one attached hydrogen (secondary N) is 1. The normalized spacial score (nSPS) is 18.1. The van der Waals surface area contributed by atoms with E-state index in [9.17, 15) is 23.2 Å². The summed E-state index contributed by atoms with van der Waals surface area (Å²) >= 11 is 5.92. The van der Waals surface area contributed by atoms with Gasteiger partial charge in [0.05, 0.1) is 35.3 Å². The van der Waals surface area contributed by atoms with Crippen LogP contribution in [0.15, 0.2) is 59.2 Å². The van der Waals surface area contributed by atoms with Crippen LogP contribution in [0.2, 0.25) is 5.02 Å². The summed E-state index contributed by atoms with van der Waals surface area (Å²) in [4.78, 5) is 45.1. The van der Waals surface area contributed by atoms with Crippen molar-refractivity contribution in [1.29, 1.82) is 0 Å². The molecule has 2 aliphatic heterocycles. The zero-order valence-electron chi connectivity index (χ0n) is 27.0. The topological polar surface area (TPSA) is 128 Å². The largest absolute Gasteiger partial charge is 0.466 e. The third-order valence-electron chi connectivity index (χ3n) is 8.75. The Morgan fingerprint density at radius 3 is 2.71 bits per heavy atom. The zero-order chi connectivity index (χ0) is 34.7. The van der Waals surface area contributed by atoms with Crippen molar-refractivity contribution in [2.75, 3.05) is 18.5 Å². The summed E-state index contributed by atoms with van der Waals surface area (Å²) in [5, 5.41) is 10.9. The number of amides is 2. The van der Waals surface area contributed by atoms with Gasteiger partial charge in [-0.15, -0.1) is 10.2 Å². The SMILES string of the molecule is CCOC(=O)Cc1nnc(Cc2ccc3c(c2)NC(=O)[C@H](C)CCC[C@H](N2CCC(c4c(F)ccc(Cl)c4F)=CC2=O)c2cc-3ccn2)o1. The molecule has 0 saturated heterocycles. The minimum atomic E-state index is -0.889. The van der Waals surface area contributed by atoms with Gasteiger partial charge in [-0.2, -0.15) is 0 Å². The van der Waals surface area contributed by atoms with E-state index in [1.165, 1.54) is 6.08 Å². The average molecular weight is 690 g/mol. The molecular weight excluding hydrogens is 656 g/mol. The summed E-state index contributed by atoms with van der Waals surface area (Å²) in [5.74, 6) is -2.52. The van der Waals surface area contributed by atoms with E-state index in [1.54, 1.807) is 18.0 Å². The van der Waals surface area contributed by atoms with Crippen LogP contribution in [0, 0.1) is 17.6 Å². The van der Waals surface area contributed by atoms with Gasteiger partial charge in [-0.3, -0.25) is 19.4 Å². The van der Waals surface area contributed by atoms with Gasteiger partial charge in [-0.1, -0.05) is 37.1 Å². The van der Waals surface area contributed by atoms with Gasteiger partial charge in [-0.25, -0.2) is 8.78 Å². The van der Waals surface area contributed by atoms with Crippen molar-refractivity contribution in [1.82, 2.24) is 20.1 Å². The number of nitrogens with zero attached hydrogens (tertiary/aromatic N) is 4. The number of ether oxygens (including phenoxy) is 1. The van der Waals surface area contributed by atoms with E-state index in [0.717, 1.165) is 28.8 Å². The number of carbonyl (C=O) groups is 3. The summed E-state index contributed by atoms with van der Waals surface area (Å²) in [7, 11) is 0. The molecule has 49 heavy (non-hydrogen) atoms. The summed E-state index contributed by atoms with van der Waals surface area (Å²) < 4.78 is 40.1. The molecule has 13 heteroatoms. The molecule has 6 rings (SSSR count). The highest BCUT2D eigenvalue weighted by Gasteiger charge is 2.31. The van der Waals surface area contributed by atoms with Crippen molar-refractivity contribution in [3.8, 4) is 11.1 Å². The fraction of sp³-hybridized carbons (Fsp3) is 0.333. The van der Waals surface area contributed by atoms with Crippen LogP contribution in [0.4, 0.5) is 14.5 Å². The molecule has 254 valence electrons. The lowest BCUT2D eigenvalue weighted by Gasteiger charge is -2.34. The van der Waals surface area contributed by atoms with Gasteiger partial charge in [0, 0.05) is 36.0 Å². The van der Waals surface area contributed by atoms with Gasteiger partial charge >= 0.3 is 5.97 Å². The lowest BCUT2D eigenvalue weighted by atomic mass is 9.92. The maximum Gasteiger partial charge on any atom is 0.315 e. The van der Waals surface area contributed by atoms with Gasteiger partial charge in [0.1, 0.15) is 12.2 Å². The van der Waals surface area contributed by atoms with Gasteiger partial charge in [0.25, 0.3) is 0 Å². The molecule has 2 aromatic carbocycles. The highest BCUT2D eigenvalue weighted by Crippen LogP contribution is 2.38. The number of pyridine rings is 1. The van der Waals surface area contributed by atoms with Gasteiger partial charge in [-0.05, 0) is 73.2 Å². The highest BCUT2D eigenvalue weighted by atomic mass is 35.5. The molecule has 0 unspecified atom stereocenters. The maximum absolute atomic E-state index is 14.8. The summed E-state index contributed by atoms with van der Waals surface area (Å²) in [6, 6.07) is 11.2. The molecule has 4 aromatic rings. The molecule has 2 aromatic heterocycles. The van der Waals surface area contributed by atoms with E-state index in [2.05, 4.69) is 20.5 Å². The van der Waals surface area contributed by atoms with E-state index < -0.39 is 23.6 Å². The van der Waals surface area contributed by atoms with Gasteiger partial charge in [0.15, 0.2) is 5.82 Å². The molecule has 2 amide bonds. The second-order valence-electron chi connectivity index (χ2n) is 12.1. The molecule has 0 aliphatic carbocycles. The summed E-state index contributed by atoms with van der Waals surface area (Å²) in [6.07, 6.45) is 5.05. The number of hydrogen-bond acceptors (Lipinski definition) is 8. The molecule has 2 aliphatic rings. The number of rotatable bonds is 7. The maximum atomic E-state index is 14.8. The second kappa shape index (κ2) is 14.7. The number of anilines is 1. The fourth-order valence-corrected chi connectivity index (χ4v) is 6.40. The Bertz CT molecular complexity index is 1950. The molecular formula is C36H34ClF2N5O5. The van der Waals surface area contributed by atoms with Crippen LogP contribution in [0.25, 0.3) is 16.7 Å². The van der Waals surface area contributed by atoms with Crippen molar-refractivity contribution in [2.45, 2.75) is 58.4 Å². The first-order valence-electron chi connectivity index (χ1n) is 16.1. The van der Waals surface area contributed by atoms with Crippen LogP contribution in [0.5, 0.6) is 0 Å². The Hall–Kier alpha value is -4.97. The van der Waals surface area contributed by atoms with Gasteiger partial charge in [0.2, 0.25) is 23.6 Å². The van der Waals surface area contributed by atoms with Crippen molar-refractivity contribution < 1.29 is 32.3 Å². The Balaban J connectivity index is 1.30.